The Morgan fingerprint density at radius 2 is 1.76 bits per heavy atom. The first kappa shape index (κ1) is 26.1. The molecule has 0 bridgehead atoms. The van der Waals surface area contributed by atoms with Crippen LogP contribution in [0.5, 0.6) is 5.75 Å². The molecule has 188 valence electrons. The van der Waals surface area contributed by atoms with Gasteiger partial charge in [-0.15, -0.1) is 0 Å². The maximum absolute atomic E-state index is 13.4. The lowest BCUT2D eigenvalue weighted by molar-refractivity contribution is -0.137. The number of nitrogens with zero attached hydrogens (tertiary/aromatic N) is 3. The van der Waals surface area contributed by atoms with E-state index in [1.165, 1.54) is 6.42 Å². The molecule has 1 amide bonds. The molecular weight excluding hydrogens is 445 g/mol. The summed E-state index contributed by atoms with van der Waals surface area (Å²) in [6.45, 7) is 12.4. The van der Waals surface area contributed by atoms with Crippen molar-refractivity contribution in [1.29, 1.82) is 0 Å². The summed E-state index contributed by atoms with van der Waals surface area (Å²) >= 11 is 0. The van der Waals surface area contributed by atoms with Gasteiger partial charge in [-0.05, 0) is 57.7 Å². The first-order valence-electron chi connectivity index (χ1n) is 11.6. The molecule has 0 spiro atoms. The largest absolute Gasteiger partial charge is 0.416 e. The molecule has 1 aliphatic rings. The van der Waals surface area contributed by atoms with Crippen molar-refractivity contribution in [2.75, 3.05) is 0 Å². The average molecular weight is 481 g/mol. The molecule has 9 heteroatoms. The van der Waals surface area contributed by atoms with Crippen molar-refractivity contribution in [2.45, 2.75) is 84.5 Å². The summed E-state index contributed by atoms with van der Waals surface area (Å²) in [4.78, 5) is 23.1. The fourth-order valence-corrected chi connectivity index (χ4v) is 3.84. The summed E-state index contributed by atoms with van der Waals surface area (Å²) in [5, 5.41) is 0. The Morgan fingerprint density at radius 1 is 1.12 bits per heavy atom. The Balaban J connectivity index is 2.10. The number of hydrogen-bond donors (Lipinski definition) is 1. The molecule has 1 N–H and O–H groups in total. The number of carbonyl (C=O) groups excluding carboxylic acids is 1. The third-order valence-corrected chi connectivity index (χ3v) is 5.89. The average Bonchev–Trinajstić information content (AvgIpc) is 2.97. The predicted octanol–water partition coefficient (Wildman–Crippen LogP) is 5.37. The fraction of sp³-hybridized carbons (Fsp3) is 0.600. The molecule has 0 aliphatic heterocycles. The van der Waals surface area contributed by atoms with E-state index in [2.05, 4.69) is 31.2 Å². The number of carbonyl (C=O) groups is 1. The molecule has 6 nitrogen and oxygen atoms in total. The van der Waals surface area contributed by atoms with Crippen LogP contribution >= 0.6 is 0 Å². The van der Waals surface area contributed by atoms with Crippen molar-refractivity contribution in [3.05, 3.63) is 46.6 Å². The van der Waals surface area contributed by atoms with Crippen LogP contribution in [0, 0.1) is 5.92 Å². The third-order valence-electron chi connectivity index (χ3n) is 5.89. The molecule has 3 rings (SSSR count). The fourth-order valence-electron chi connectivity index (χ4n) is 3.84. The minimum atomic E-state index is -4.60. The molecule has 1 aromatic heterocycles. The summed E-state index contributed by atoms with van der Waals surface area (Å²) in [5.41, 5.74) is 2.31. The molecule has 0 saturated heterocycles. The summed E-state index contributed by atoms with van der Waals surface area (Å²) in [6, 6.07) is 4.69. The number of aromatic nitrogens is 2. The van der Waals surface area contributed by atoms with Gasteiger partial charge in [0.2, 0.25) is 0 Å². The zero-order valence-corrected chi connectivity index (χ0v) is 21.0. The number of alkyl halides is 3. The number of rotatable bonds is 5. The van der Waals surface area contributed by atoms with Crippen molar-refractivity contribution in [3.63, 3.8) is 0 Å². The molecule has 2 aromatic rings. The molecule has 34 heavy (non-hydrogen) atoms. The van der Waals surface area contributed by atoms with E-state index in [0.717, 1.165) is 36.7 Å². The smallest absolute Gasteiger partial charge is 0.407 e. The summed E-state index contributed by atoms with van der Waals surface area (Å²) < 4.78 is 44.1. The van der Waals surface area contributed by atoms with Gasteiger partial charge in [0.05, 0.1) is 11.1 Å². The summed E-state index contributed by atoms with van der Waals surface area (Å²) in [6.07, 6.45) is -1.19. The van der Waals surface area contributed by atoms with Gasteiger partial charge in [0, 0.05) is 36.3 Å². The zero-order valence-electron chi connectivity index (χ0n) is 21.0. The number of nitrogens with one attached hydrogen (secondary N) is 1. The van der Waals surface area contributed by atoms with Crippen molar-refractivity contribution in [2.24, 2.45) is 18.0 Å². The first-order chi connectivity index (χ1) is 15.6. The highest BCUT2D eigenvalue weighted by Gasteiger charge is 2.32. The second-order valence-electron chi connectivity index (χ2n) is 11.1. The number of hydroxylamine groups is 1. The standard InChI is InChI=1S/C25H35F3N4O2/c1-23(2,3)20-14-21(32(31(20)7)15-16-9-8-10-16)29-22(33)18-13-17(25(26,27)28)11-12-19(18)34-30-24(4,5)6/h11-14,16,30H,8-10,15H2,1-7H3/b29-21+. The summed E-state index contributed by atoms with van der Waals surface area (Å²) in [7, 11) is 1.93. The van der Waals surface area contributed by atoms with Crippen LogP contribution in [0.3, 0.4) is 0 Å². The normalized spacial score (nSPS) is 16.0. The molecule has 0 radical (unpaired) electrons. The van der Waals surface area contributed by atoms with Crippen molar-refractivity contribution in [3.8, 4) is 5.75 Å². The second kappa shape index (κ2) is 9.24. The SMILES string of the molecule is Cn1c(C(C)(C)C)c/c(=N\C(=O)c2cc(C(F)(F)F)ccc2ONC(C)(C)C)n1CC1CCC1. The molecule has 1 aromatic carbocycles. The minimum Gasteiger partial charge on any atom is -0.407 e. The van der Waals surface area contributed by atoms with Crippen LogP contribution in [-0.2, 0) is 25.2 Å². The van der Waals surface area contributed by atoms with Gasteiger partial charge in [-0.2, -0.15) is 23.6 Å². The van der Waals surface area contributed by atoms with Crippen LogP contribution in [0.1, 0.15) is 82.4 Å². The molecule has 0 unspecified atom stereocenters. The topological polar surface area (TPSA) is 60.6 Å². The van der Waals surface area contributed by atoms with Gasteiger partial charge in [0.25, 0.3) is 5.91 Å². The van der Waals surface area contributed by atoms with E-state index < -0.39 is 23.2 Å². The molecule has 1 heterocycles. The van der Waals surface area contributed by atoms with Gasteiger partial charge >= 0.3 is 6.18 Å². The van der Waals surface area contributed by atoms with E-state index >= 15 is 0 Å². The molecule has 1 fully saturated rings. The van der Waals surface area contributed by atoms with E-state index in [4.69, 9.17) is 4.84 Å². The molecule has 1 saturated carbocycles. The van der Waals surface area contributed by atoms with Gasteiger partial charge < -0.3 is 4.84 Å². The summed E-state index contributed by atoms with van der Waals surface area (Å²) in [5.74, 6) is -0.293. The van der Waals surface area contributed by atoms with Crippen LogP contribution in [0.2, 0.25) is 0 Å². The zero-order chi connectivity index (χ0) is 25.5. The number of benzene rings is 1. The number of halogens is 3. The maximum Gasteiger partial charge on any atom is 0.416 e. The van der Waals surface area contributed by atoms with E-state index in [0.29, 0.717) is 18.0 Å². The van der Waals surface area contributed by atoms with Gasteiger partial charge in [-0.25, -0.2) is 0 Å². The van der Waals surface area contributed by atoms with Crippen LogP contribution in [0.25, 0.3) is 0 Å². The Labute approximate surface area is 198 Å². The van der Waals surface area contributed by atoms with E-state index in [9.17, 15) is 18.0 Å². The third kappa shape index (κ3) is 6.11. The second-order valence-corrected chi connectivity index (χ2v) is 11.1. The van der Waals surface area contributed by atoms with Gasteiger partial charge in [0.15, 0.2) is 11.2 Å². The lowest BCUT2D eigenvalue weighted by Gasteiger charge is -2.27. The van der Waals surface area contributed by atoms with Crippen LogP contribution in [0.15, 0.2) is 29.3 Å². The Kier molecular flexibility index (Phi) is 7.09. The van der Waals surface area contributed by atoms with Crippen LogP contribution < -0.4 is 15.8 Å². The van der Waals surface area contributed by atoms with Crippen LogP contribution in [0.4, 0.5) is 13.2 Å². The van der Waals surface area contributed by atoms with Crippen molar-refractivity contribution < 1.29 is 22.8 Å². The van der Waals surface area contributed by atoms with Crippen LogP contribution in [-0.4, -0.2) is 20.8 Å². The van der Waals surface area contributed by atoms with Gasteiger partial charge in [-0.1, -0.05) is 27.2 Å². The van der Waals surface area contributed by atoms with E-state index in [-0.39, 0.29) is 16.7 Å². The Hall–Kier alpha value is -2.55. The molecule has 0 atom stereocenters. The highest BCUT2D eigenvalue weighted by molar-refractivity contribution is 5.97. The highest BCUT2D eigenvalue weighted by atomic mass is 19.4. The van der Waals surface area contributed by atoms with E-state index in [1.54, 1.807) is 0 Å². The molecular formula is C25H35F3N4O2. The van der Waals surface area contributed by atoms with Crippen molar-refractivity contribution in [1.82, 2.24) is 14.8 Å². The predicted molar refractivity (Wildman–Crippen MR) is 124 cm³/mol. The Bertz CT molecular complexity index is 1110. The van der Waals surface area contributed by atoms with Gasteiger partial charge in [-0.3, -0.25) is 14.2 Å². The lowest BCUT2D eigenvalue weighted by Crippen LogP contribution is -2.38. The molecule has 1 aliphatic carbocycles. The number of hydrogen-bond acceptors (Lipinski definition) is 3. The minimum absolute atomic E-state index is 0.00538. The van der Waals surface area contributed by atoms with Crippen molar-refractivity contribution >= 4 is 5.91 Å². The highest BCUT2D eigenvalue weighted by Crippen LogP contribution is 2.33. The monoisotopic (exact) mass is 480 g/mol. The van der Waals surface area contributed by atoms with Gasteiger partial charge in [0.1, 0.15) is 0 Å². The maximum atomic E-state index is 13.4. The lowest BCUT2D eigenvalue weighted by atomic mass is 9.85. The number of amides is 1. The first-order valence-corrected chi connectivity index (χ1v) is 11.6. The quantitative estimate of drug-likeness (QED) is 0.586. The van der Waals surface area contributed by atoms with E-state index in [1.807, 2.05) is 43.2 Å². The Morgan fingerprint density at radius 3 is 2.26 bits per heavy atom.